The predicted molar refractivity (Wildman–Crippen MR) is 75.5 cm³/mol. The molecule has 0 radical (unpaired) electrons. The fourth-order valence-corrected chi connectivity index (χ4v) is 2.25. The van der Waals surface area contributed by atoms with E-state index in [0.717, 1.165) is 32.2 Å². The standard InChI is InChI=1S/C14H30N2O2/c1-5-8-9-15-14(18)12(4)16(10-11-17)13(6-2)7-3/h12-13,17H,5-11H2,1-4H3,(H,15,18). The second kappa shape index (κ2) is 10.3. The largest absolute Gasteiger partial charge is 0.395 e. The molecule has 0 aliphatic heterocycles. The number of rotatable bonds is 10. The average molecular weight is 258 g/mol. The molecule has 0 heterocycles. The molecular weight excluding hydrogens is 228 g/mol. The first-order valence-electron chi connectivity index (χ1n) is 7.26. The van der Waals surface area contributed by atoms with Crippen molar-refractivity contribution in [3.05, 3.63) is 0 Å². The van der Waals surface area contributed by atoms with Crippen molar-refractivity contribution >= 4 is 5.91 Å². The van der Waals surface area contributed by atoms with Gasteiger partial charge in [0.25, 0.3) is 0 Å². The molecule has 0 aliphatic rings. The SMILES string of the molecule is CCCCNC(=O)C(C)N(CCO)C(CC)CC. The van der Waals surface area contributed by atoms with Crippen molar-refractivity contribution in [3.8, 4) is 0 Å². The molecule has 0 spiro atoms. The third-order valence-electron chi connectivity index (χ3n) is 3.48. The number of amides is 1. The number of hydrogen-bond donors (Lipinski definition) is 2. The van der Waals surface area contributed by atoms with Gasteiger partial charge in [0, 0.05) is 19.1 Å². The molecule has 4 heteroatoms. The number of nitrogens with zero attached hydrogens (tertiary/aromatic N) is 1. The Morgan fingerprint density at radius 3 is 2.33 bits per heavy atom. The number of nitrogens with one attached hydrogen (secondary N) is 1. The lowest BCUT2D eigenvalue weighted by atomic mass is 10.1. The molecule has 0 aromatic heterocycles. The quantitative estimate of drug-likeness (QED) is 0.587. The zero-order valence-electron chi connectivity index (χ0n) is 12.4. The zero-order chi connectivity index (χ0) is 14.0. The van der Waals surface area contributed by atoms with Crippen LogP contribution in [0, 0.1) is 0 Å². The van der Waals surface area contributed by atoms with Gasteiger partial charge in [-0.05, 0) is 26.2 Å². The maximum absolute atomic E-state index is 12.0. The van der Waals surface area contributed by atoms with E-state index in [2.05, 4.69) is 31.0 Å². The summed E-state index contributed by atoms with van der Waals surface area (Å²) in [6.45, 7) is 9.70. The Labute approximate surface area is 112 Å². The van der Waals surface area contributed by atoms with Crippen molar-refractivity contribution in [1.82, 2.24) is 10.2 Å². The minimum absolute atomic E-state index is 0.0730. The molecule has 0 fully saturated rings. The number of aliphatic hydroxyl groups is 1. The van der Waals surface area contributed by atoms with Gasteiger partial charge in [0.1, 0.15) is 0 Å². The summed E-state index contributed by atoms with van der Waals surface area (Å²) in [4.78, 5) is 14.1. The molecule has 1 atom stereocenters. The van der Waals surface area contributed by atoms with Gasteiger partial charge in [-0.25, -0.2) is 0 Å². The van der Waals surface area contributed by atoms with Crippen molar-refractivity contribution in [2.45, 2.75) is 65.5 Å². The molecule has 2 N–H and O–H groups in total. The van der Waals surface area contributed by atoms with E-state index in [1.807, 2.05) is 6.92 Å². The molecule has 0 rings (SSSR count). The first kappa shape index (κ1) is 17.4. The lowest BCUT2D eigenvalue weighted by Gasteiger charge is -2.34. The predicted octanol–water partition coefficient (Wildman–Crippen LogP) is 1.77. The summed E-state index contributed by atoms with van der Waals surface area (Å²) in [7, 11) is 0. The number of unbranched alkanes of at least 4 members (excludes halogenated alkanes) is 1. The van der Waals surface area contributed by atoms with Gasteiger partial charge in [0.2, 0.25) is 5.91 Å². The molecule has 4 nitrogen and oxygen atoms in total. The Bertz CT molecular complexity index is 218. The summed E-state index contributed by atoms with van der Waals surface area (Å²) in [6.07, 6.45) is 4.11. The van der Waals surface area contributed by atoms with E-state index >= 15 is 0 Å². The van der Waals surface area contributed by atoms with Crippen LogP contribution in [0.2, 0.25) is 0 Å². The molecule has 0 saturated heterocycles. The molecule has 0 saturated carbocycles. The Balaban J connectivity index is 4.43. The zero-order valence-corrected chi connectivity index (χ0v) is 12.4. The van der Waals surface area contributed by atoms with Gasteiger partial charge in [-0.2, -0.15) is 0 Å². The van der Waals surface area contributed by atoms with Crippen LogP contribution in [0.25, 0.3) is 0 Å². The third kappa shape index (κ3) is 5.83. The first-order valence-corrected chi connectivity index (χ1v) is 7.26. The highest BCUT2D eigenvalue weighted by atomic mass is 16.3. The molecule has 1 unspecified atom stereocenters. The smallest absolute Gasteiger partial charge is 0.237 e. The van der Waals surface area contributed by atoms with Gasteiger partial charge in [-0.3, -0.25) is 9.69 Å². The highest BCUT2D eigenvalue weighted by Gasteiger charge is 2.25. The van der Waals surface area contributed by atoms with Crippen LogP contribution in [-0.2, 0) is 4.79 Å². The van der Waals surface area contributed by atoms with Gasteiger partial charge >= 0.3 is 0 Å². The fraction of sp³-hybridized carbons (Fsp3) is 0.929. The van der Waals surface area contributed by atoms with Gasteiger partial charge in [-0.1, -0.05) is 27.2 Å². The lowest BCUT2D eigenvalue weighted by molar-refractivity contribution is -0.127. The summed E-state index contributed by atoms with van der Waals surface area (Å²) in [6, 6.07) is 0.197. The van der Waals surface area contributed by atoms with Crippen LogP contribution in [-0.4, -0.2) is 47.7 Å². The Morgan fingerprint density at radius 1 is 1.28 bits per heavy atom. The van der Waals surface area contributed by atoms with Gasteiger partial charge in [0.05, 0.1) is 12.6 Å². The number of aliphatic hydroxyl groups excluding tert-OH is 1. The lowest BCUT2D eigenvalue weighted by Crippen LogP contribution is -2.50. The van der Waals surface area contributed by atoms with Crippen molar-refractivity contribution in [1.29, 1.82) is 0 Å². The summed E-state index contributed by atoms with van der Waals surface area (Å²) in [5, 5.41) is 12.1. The Kier molecular flexibility index (Phi) is 9.98. The molecule has 0 aliphatic carbocycles. The van der Waals surface area contributed by atoms with Crippen LogP contribution in [0.3, 0.4) is 0 Å². The maximum atomic E-state index is 12.0. The third-order valence-corrected chi connectivity index (χ3v) is 3.48. The summed E-state index contributed by atoms with van der Waals surface area (Å²) in [5.74, 6) is 0.0730. The van der Waals surface area contributed by atoms with E-state index in [4.69, 9.17) is 5.11 Å². The monoisotopic (exact) mass is 258 g/mol. The van der Waals surface area contributed by atoms with Crippen molar-refractivity contribution in [2.24, 2.45) is 0 Å². The molecule has 0 aromatic carbocycles. The minimum atomic E-state index is -0.168. The number of carbonyl (C=O) groups is 1. The minimum Gasteiger partial charge on any atom is -0.395 e. The molecule has 0 aromatic rings. The van der Waals surface area contributed by atoms with E-state index in [1.54, 1.807) is 0 Å². The Morgan fingerprint density at radius 2 is 1.89 bits per heavy atom. The molecule has 1 amide bonds. The van der Waals surface area contributed by atoms with Gasteiger partial charge in [0.15, 0.2) is 0 Å². The molecule has 0 bridgehead atoms. The number of carbonyl (C=O) groups excluding carboxylic acids is 1. The second-order valence-electron chi connectivity index (χ2n) is 4.75. The molecular formula is C14H30N2O2. The molecule has 18 heavy (non-hydrogen) atoms. The van der Waals surface area contributed by atoms with Crippen LogP contribution in [0.4, 0.5) is 0 Å². The normalized spacial score (nSPS) is 13.1. The topological polar surface area (TPSA) is 52.6 Å². The van der Waals surface area contributed by atoms with Crippen LogP contribution in [0.1, 0.15) is 53.4 Å². The van der Waals surface area contributed by atoms with Crippen molar-refractivity contribution in [3.63, 3.8) is 0 Å². The average Bonchev–Trinajstić information content (AvgIpc) is 2.38. The molecule has 108 valence electrons. The van der Waals surface area contributed by atoms with E-state index in [0.29, 0.717) is 12.6 Å². The summed E-state index contributed by atoms with van der Waals surface area (Å²) < 4.78 is 0. The van der Waals surface area contributed by atoms with E-state index in [9.17, 15) is 4.79 Å². The van der Waals surface area contributed by atoms with Gasteiger partial charge in [-0.15, -0.1) is 0 Å². The van der Waals surface area contributed by atoms with Crippen molar-refractivity contribution < 1.29 is 9.90 Å². The van der Waals surface area contributed by atoms with Crippen LogP contribution < -0.4 is 5.32 Å². The number of hydrogen-bond acceptors (Lipinski definition) is 3. The second-order valence-corrected chi connectivity index (χ2v) is 4.75. The van der Waals surface area contributed by atoms with E-state index in [1.165, 1.54) is 0 Å². The van der Waals surface area contributed by atoms with Crippen LogP contribution in [0.15, 0.2) is 0 Å². The van der Waals surface area contributed by atoms with Gasteiger partial charge < -0.3 is 10.4 Å². The fourth-order valence-electron chi connectivity index (χ4n) is 2.25. The van der Waals surface area contributed by atoms with Crippen molar-refractivity contribution in [2.75, 3.05) is 19.7 Å². The summed E-state index contributed by atoms with van der Waals surface area (Å²) >= 11 is 0. The highest BCUT2D eigenvalue weighted by molar-refractivity contribution is 5.81. The van der Waals surface area contributed by atoms with Crippen LogP contribution >= 0.6 is 0 Å². The maximum Gasteiger partial charge on any atom is 0.237 e. The Hall–Kier alpha value is -0.610. The summed E-state index contributed by atoms with van der Waals surface area (Å²) in [5.41, 5.74) is 0. The first-order chi connectivity index (χ1) is 8.62. The van der Waals surface area contributed by atoms with Crippen LogP contribution in [0.5, 0.6) is 0 Å². The highest BCUT2D eigenvalue weighted by Crippen LogP contribution is 2.12. The van der Waals surface area contributed by atoms with E-state index < -0.39 is 0 Å². The van der Waals surface area contributed by atoms with E-state index in [-0.39, 0.29) is 18.6 Å².